The number of likely N-dealkylation sites (tertiary alicyclic amines) is 1. The third-order valence-corrected chi connectivity index (χ3v) is 8.11. The standard InChI is InChI=1S/C31H46N4O7S/c1-6-40-13-14-42-16-15-41-12-11-26(37)34-28(31(3,4)5)30(39)35-19-24(36)17-25(35)29(38)32-18-22-7-9-23(10-8-22)27-21(2)33-20-43-27/h7-10,20,24-25,28,36H,6,11-19H2,1-5H3,(H,32,38)(H,34,37)/t24-,25+,28-/m1/s1. The number of β-amino-alcohol motifs (C(OH)–C–C–N with tert-alkyl or cyclic N) is 1. The molecule has 3 atom stereocenters. The van der Waals surface area contributed by atoms with Crippen LogP contribution >= 0.6 is 11.3 Å². The molecule has 3 N–H and O–H groups in total. The number of benzene rings is 1. The van der Waals surface area contributed by atoms with Crippen LogP contribution in [0, 0.1) is 12.3 Å². The number of aliphatic hydroxyl groups excluding tert-OH is 1. The molecule has 1 aromatic carbocycles. The van der Waals surface area contributed by atoms with E-state index in [1.54, 1.807) is 11.3 Å². The van der Waals surface area contributed by atoms with Crippen LogP contribution in [-0.2, 0) is 35.1 Å². The van der Waals surface area contributed by atoms with Gasteiger partial charge in [0.05, 0.1) is 55.2 Å². The highest BCUT2D eigenvalue weighted by Crippen LogP contribution is 2.28. The zero-order valence-electron chi connectivity index (χ0n) is 25.9. The maximum Gasteiger partial charge on any atom is 0.246 e. The number of thiazole rings is 1. The average molecular weight is 619 g/mol. The summed E-state index contributed by atoms with van der Waals surface area (Å²) < 4.78 is 16.1. The highest BCUT2D eigenvalue weighted by atomic mass is 32.1. The van der Waals surface area contributed by atoms with E-state index < -0.39 is 29.5 Å². The summed E-state index contributed by atoms with van der Waals surface area (Å²) >= 11 is 1.58. The number of aromatic nitrogens is 1. The van der Waals surface area contributed by atoms with Gasteiger partial charge >= 0.3 is 0 Å². The summed E-state index contributed by atoms with van der Waals surface area (Å²) in [5, 5.41) is 16.2. The van der Waals surface area contributed by atoms with E-state index in [-0.39, 0.29) is 44.4 Å². The zero-order valence-corrected chi connectivity index (χ0v) is 26.7. The van der Waals surface area contributed by atoms with E-state index in [2.05, 4.69) is 15.6 Å². The first-order valence-electron chi connectivity index (χ1n) is 14.8. The van der Waals surface area contributed by atoms with Crippen LogP contribution < -0.4 is 10.6 Å². The second-order valence-electron chi connectivity index (χ2n) is 11.6. The van der Waals surface area contributed by atoms with E-state index in [9.17, 15) is 19.5 Å². The van der Waals surface area contributed by atoms with Crippen molar-refractivity contribution in [3.05, 3.63) is 41.0 Å². The van der Waals surface area contributed by atoms with Crippen molar-refractivity contribution in [3.63, 3.8) is 0 Å². The van der Waals surface area contributed by atoms with Crippen molar-refractivity contribution in [2.24, 2.45) is 5.41 Å². The molecule has 0 spiro atoms. The molecule has 11 nitrogen and oxygen atoms in total. The maximum atomic E-state index is 13.7. The molecule has 1 fully saturated rings. The Morgan fingerprint density at radius 3 is 2.33 bits per heavy atom. The third kappa shape index (κ3) is 10.6. The van der Waals surface area contributed by atoms with Gasteiger partial charge in [0.15, 0.2) is 0 Å². The van der Waals surface area contributed by atoms with Crippen molar-refractivity contribution in [1.82, 2.24) is 20.5 Å². The van der Waals surface area contributed by atoms with Gasteiger partial charge in [-0.3, -0.25) is 14.4 Å². The first-order chi connectivity index (χ1) is 20.5. The first-order valence-corrected chi connectivity index (χ1v) is 15.7. The Balaban J connectivity index is 1.52. The van der Waals surface area contributed by atoms with E-state index >= 15 is 0 Å². The van der Waals surface area contributed by atoms with Crippen molar-refractivity contribution >= 4 is 29.1 Å². The van der Waals surface area contributed by atoms with Crippen LogP contribution in [0.1, 0.15) is 51.8 Å². The van der Waals surface area contributed by atoms with Gasteiger partial charge in [0, 0.05) is 32.5 Å². The lowest BCUT2D eigenvalue weighted by Gasteiger charge is -2.35. The highest BCUT2D eigenvalue weighted by Gasteiger charge is 2.44. The number of aliphatic hydroxyl groups is 1. The molecule has 12 heteroatoms. The molecular weight excluding hydrogens is 572 g/mol. The molecule has 238 valence electrons. The lowest BCUT2D eigenvalue weighted by Crippen LogP contribution is -2.57. The van der Waals surface area contributed by atoms with Crippen LogP contribution in [0.15, 0.2) is 29.8 Å². The highest BCUT2D eigenvalue weighted by molar-refractivity contribution is 7.13. The number of carbonyl (C=O) groups excluding carboxylic acids is 3. The number of nitrogens with one attached hydrogen (secondary N) is 2. The van der Waals surface area contributed by atoms with Crippen LogP contribution in [-0.4, -0.2) is 97.1 Å². The fourth-order valence-corrected chi connectivity index (χ4v) is 5.57. The van der Waals surface area contributed by atoms with Crippen molar-refractivity contribution in [2.45, 2.75) is 72.2 Å². The monoisotopic (exact) mass is 618 g/mol. The Kier molecular flexibility index (Phi) is 13.5. The molecule has 0 bridgehead atoms. The molecule has 2 aromatic rings. The van der Waals surface area contributed by atoms with Gasteiger partial charge in [0.25, 0.3) is 0 Å². The van der Waals surface area contributed by atoms with Crippen LogP contribution in [0.5, 0.6) is 0 Å². The van der Waals surface area contributed by atoms with Gasteiger partial charge < -0.3 is 34.9 Å². The summed E-state index contributed by atoms with van der Waals surface area (Å²) in [4.78, 5) is 46.5. The predicted molar refractivity (Wildman–Crippen MR) is 164 cm³/mol. The normalized spacial score (nSPS) is 17.6. The van der Waals surface area contributed by atoms with Gasteiger partial charge in [-0.1, -0.05) is 45.0 Å². The fourth-order valence-electron chi connectivity index (χ4n) is 4.76. The number of ether oxygens (including phenoxy) is 3. The van der Waals surface area contributed by atoms with Gasteiger partial charge in [-0.2, -0.15) is 0 Å². The molecule has 0 saturated carbocycles. The van der Waals surface area contributed by atoms with E-state index in [1.165, 1.54) is 4.90 Å². The summed E-state index contributed by atoms with van der Waals surface area (Å²) in [6, 6.07) is 6.17. The largest absolute Gasteiger partial charge is 0.391 e. The Morgan fingerprint density at radius 2 is 1.72 bits per heavy atom. The first kappa shape index (κ1) is 34.6. The van der Waals surface area contributed by atoms with Crippen molar-refractivity contribution < 1.29 is 33.7 Å². The van der Waals surface area contributed by atoms with Crippen molar-refractivity contribution in [2.75, 3.05) is 46.2 Å². The maximum absolute atomic E-state index is 13.7. The van der Waals surface area contributed by atoms with Crippen molar-refractivity contribution in [3.8, 4) is 10.4 Å². The van der Waals surface area contributed by atoms with E-state index in [4.69, 9.17) is 14.2 Å². The number of aryl methyl sites for hydroxylation is 1. The number of rotatable bonds is 16. The summed E-state index contributed by atoms with van der Waals surface area (Å²) in [6.07, 6.45) is -0.624. The molecular formula is C31H46N4O7S. The molecule has 2 heterocycles. The number of nitrogens with zero attached hydrogens (tertiary/aromatic N) is 2. The minimum atomic E-state index is -0.884. The van der Waals surface area contributed by atoms with E-state index in [0.717, 1.165) is 21.7 Å². The summed E-state index contributed by atoms with van der Waals surface area (Å²) in [7, 11) is 0. The number of amides is 3. The number of carbonyl (C=O) groups is 3. The summed E-state index contributed by atoms with van der Waals surface area (Å²) in [6.45, 7) is 12.3. The van der Waals surface area contributed by atoms with E-state index in [0.29, 0.717) is 33.0 Å². The van der Waals surface area contributed by atoms with Gasteiger partial charge in [-0.15, -0.1) is 11.3 Å². The van der Waals surface area contributed by atoms with Gasteiger partial charge in [-0.05, 0) is 30.4 Å². The molecule has 1 aliphatic rings. The SMILES string of the molecule is CCOCCOCCOCCC(=O)N[C@H](C(=O)N1C[C@H](O)C[C@H]1C(=O)NCc1ccc(-c2scnc2C)cc1)C(C)(C)C. The molecule has 3 amide bonds. The van der Waals surface area contributed by atoms with Crippen LogP contribution in [0.3, 0.4) is 0 Å². The molecule has 43 heavy (non-hydrogen) atoms. The van der Waals surface area contributed by atoms with Gasteiger partial charge in [-0.25, -0.2) is 4.98 Å². The Morgan fingerprint density at radius 1 is 1.07 bits per heavy atom. The number of hydrogen-bond acceptors (Lipinski definition) is 9. The predicted octanol–water partition coefficient (Wildman–Crippen LogP) is 2.69. The van der Waals surface area contributed by atoms with Crippen LogP contribution in [0.2, 0.25) is 0 Å². The molecule has 0 unspecified atom stereocenters. The van der Waals surface area contributed by atoms with Crippen LogP contribution in [0.25, 0.3) is 10.4 Å². The smallest absolute Gasteiger partial charge is 0.246 e. The lowest BCUT2D eigenvalue weighted by molar-refractivity contribution is -0.144. The molecule has 1 aliphatic heterocycles. The number of hydrogen-bond donors (Lipinski definition) is 3. The molecule has 1 saturated heterocycles. The van der Waals surface area contributed by atoms with Crippen molar-refractivity contribution in [1.29, 1.82) is 0 Å². The molecule has 0 aliphatic carbocycles. The molecule has 3 rings (SSSR count). The fraction of sp³-hybridized carbons (Fsp3) is 0.613. The second-order valence-corrected chi connectivity index (χ2v) is 12.5. The Labute approximate surface area is 258 Å². The summed E-state index contributed by atoms with van der Waals surface area (Å²) in [5.74, 6) is -1.07. The van der Waals surface area contributed by atoms with Gasteiger partial charge in [0.2, 0.25) is 17.7 Å². The topological polar surface area (TPSA) is 139 Å². The quantitative estimate of drug-likeness (QED) is 0.244. The Hall–Kier alpha value is -2.90. The molecule has 0 radical (unpaired) electrons. The zero-order chi connectivity index (χ0) is 31.4. The summed E-state index contributed by atoms with van der Waals surface area (Å²) in [5.41, 5.74) is 4.14. The lowest BCUT2D eigenvalue weighted by atomic mass is 9.85. The van der Waals surface area contributed by atoms with Crippen LogP contribution in [0.4, 0.5) is 0 Å². The minimum Gasteiger partial charge on any atom is -0.391 e. The second kappa shape index (κ2) is 16.8. The average Bonchev–Trinajstić information content (AvgIpc) is 3.58. The van der Waals surface area contributed by atoms with E-state index in [1.807, 2.05) is 64.4 Å². The minimum absolute atomic E-state index is 0.0225. The third-order valence-electron chi connectivity index (χ3n) is 7.13. The Bertz CT molecular complexity index is 1180. The molecule has 1 aromatic heterocycles. The van der Waals surface area contributed by atoms with Gasteiger partial charge in [0.1, 0.15) is 12.1 Å².